The average Bonchev–Trinajstić information content (AvgIpc) is 2.62. The number of halogens is 2. The number of rotatable bonds is 4. The Bertz CT molecular complexity index is 893. The Morgan fingerprint density at radius 3 is 2.23 bits per heavy atom. The Labute approximate surface area is 150 Å². The van der Waals surface area contributed by atoms with Gasteiger partial charge in [0.15, 0.2) is 0 Å². The zero-order chi connectivity index (χ0) is 18.7. The second kappa shape index (κ2) is 7.51. The smallest absolute Gasteiger partial charge is 0.256 e. The van der Waals surface area contributed by atoms with Gasteiger partial charge in [-0.1, -0.05) is 12.1 Å². The molecule has 1 fully saturated rings. The third kappa shape index (κ3) is 4.08. The molecule has 26 heavy (non-hydrogen) atoms. The van der Waals surface area contributed by atoms with Crippen LogP contribution >= 0.6 is 0 Å². The predicted octanol–water partition coefficient (Wildman–Crippen LogP) is 2.55. The monoisotopic (exact) mass is 380 g/mol. The Morgan fingerprint density at radius 2 is 1.62 bits per heavy atom. The highest BCUT2D eigenvalue weighted by molar-refractivity contribution is 7.89. The lowest BCUT2D eigenvalue weighted by Crippen LogP contribution is -2.46. The van der Waals surface area contributed by atoms with E-state index in [9.17, 15) is 22.0 Å². The van der Waals surface area contributed by atoms with Gasteiger partial charge in [0.2, 0.25) is 10.0 Å². The summed E-state index contributed by atoms with van der Waals surface area (Å²) in [7, 11) is -3.75. The van der Waals surface area contributed by atoms with Crippen LogP contribution in [0.15, 0.2) is 53.4 Å². The van der Waals surface area contributed by atoms with Gasteiger partial charge in [0.25, 0.3) is 5.91 Å². The summed E-state index contributed by atoms with van der Waals surface area (Å²) in [6.07, 6.45) is 0.835. The Kier molecular flexibility index (Phi) is 5.33. The largest absolute Gasteiger partial charge is 0.338 e. The summed E-state index contributed by atoms with van der Waals surface area (Å²) in [5.41, 5.74) is 0.0119. The molecule has 5 nitrogen and oxygen atoms in total. The van der Waals surface area contributed by atoms with E-state index in [0.29, 0.717) is 25.9 Å². The van der Waals surface area contributed by atoms with Gasteiger partial charge in [-0.3, -0.25) is 4.79 Å². The molecule has 0 bridgehead atoms. The maximum Gasteiger partial charge on any atom is 0.256 e. The third-order valence-electron chi connectivity index (χ3n) is 4.33. The second-order valence-corrected chi connectivity index (χ2v) is 7.84. The maximum absolute atomic E-state index is 13.7. The van der Waals surface area contributed by atoms with E-state index in [1.54, 1.807) is 6.07 Å². The number of benzene rings is 2. The minimum absolute atomic E-state index is 0.0104. The lowest BCUT2D eigenvalue weighted by Gasteiger charge is -2.32. The van der Waals surface area contributed by atoms with Crippen molar-refractivity contribution in [3.63, 3.8) is 0 Å². The average molecular weight is 380 g/mol. The first kappa shape index (κ1) is 18.5. The van der Waals surface area contributed by atoms with Crippen molar-refractivity contribution in [3.05, 3.63) is 65.7 Å². The van der Waals surface area contributed by atoms with Gasteiger partial charge in [0.1, 0.15) is 11.6 Å². The molecule has 1 aliphatic heterocycles. The fourth-order valence-corrected chi connectivity index (χ4v) is 4.21. The number of carbonyl (C=O) groups excluding carboxylic acids is 1. The lowest BCUT2D eigenvalue weighted by atomic mass is 10.0. The van der Waals surface area contributed by atoms with Crippen LogP contribution < -0.4 is 4.72 Å². The fraction of sp³-hybridized carbons (Fsp3) is 0.278. The molecule has 0 spiro atoms. The molecule has 0 radical (unpaired) electrons. The summed E-state index contributed by atoms with van der Waals surface area (Å²) in [5.74, 6) is -1.48. The molecule has 2 aromatic carbocycles. The lowest BCUT2D eigenvalue weighted by molar-refractivity contribution is 0.0706. The first-order chi connectivity index (χ1) is 12.4. The molecular formula is C18H18F2N2O3S. The van der Waals surface area contributed by atoms with Crippen molar-refractivity contribution in [2.75, 3.05) is 13.1 Å². The molecule has 3 rings (SSSR count). The van der Waals surface area contributed by atoms with Crippen molar-refractivity contribution in [1.29, 1.82) is 0 Å². The highest BCUT2D eigenvalue weighted by atomic mass is 32.2. The molecule has 8 heteroatoms. The predicted molar refractivity (Wildman–Crippen MR) is 92.0 cm³/mol. The summed E-state index contributed by atoms with van der Waals surface area (Å²) in [6.45, 7) is 0.646. The maximum atomic E-state index is 13.7. The van der Waals surface area contributed by atoms with Crippen LogP contribution in [0, 0.1) is 11.6 Å². The van der Waals surface area contributed by atoms with Gasteiger partial charge in [-0.15, -0.1) is 0 Å². The van der Waals surface area contributed by atoms with Crippen molar-refractivity contribution in [3.8, 4) is 0 Å². The summed E-state index contributed by atoms with van der Waals surface area (Å²) in [4.78, 5) is 13.9. The van der Waals surface area contributed by atoms with Crippen molar-refractivity contribution in [2.24, 2.45) is 0 Å². The quantitative estimate of drug-likeness (QED) is 0.887. The van der Waals surface area contributed by atoms with E-state index >= 15 is 0 Å². The number of nitrogens with zero attached hydrogens (tertiary/aromatic N) is 1. The fourth-order valence-electron chi connectivity index (χ4n) is 2.91. The number of likely N-dealkylation sites (tertiary alicyclic amines) is 1. The van der Waals surface area contributed by atoms with E-state index in [0.717, 1.165) is 12.1 Å². The van der Waals surface area contributed by atoms with Crippen LogP contribution in [0.5, 0.6) is 0 Å². The van der Waals surface area contributed by atoms with Crippen molar-refractivity contribution in [1.82, 2.24) is 9.62 Å². The molecule has 1 N–H and O–H groups in total. The van der Waals surface area contributed by atoms with Crippen LogP contribution in [0.3, 0.4) is 0 Å². The molecule has 1 saturated heterocycles. The number of nitrogens with one attached hydrogen (secondary N) is 1. The molecule has 0 aromatic heterocycles. The van der Waals surface area contributed by atoms with E-state index in [-0.39, 0.29) is 16.5 Å². The van der Waals surface area contributed by atoms with Crippen LogP contribution in [0.1, 0.15) is 23.2 Å². The highest BCUT2D eigenvalue weighted by Gasteiger charge is 2.28. The van der Waals surface area contributed by atoms with Gasteiger partial charge in [-0.2, -0.15) is 0 Å². The van der Waals surface area contributed by atoms with E-state index in [1.165, 1.54) is 35.2 Å². The van der Waals surface area contributed by atoms with Gasteiger partial charge in [-0.05, 0) is 49.2 Å². The van der Waals surface area contributed by atoms with Crippen LogP contribution in [0.25, 0.3) is 0 Å². The molecule has 1 aliphatic rings. The molecule has 0 unspecified atom stereocenters. The first-order valence-electron chi connectivity index (χ1n) is 8.18. The van der Waals surface area contributed by atoms with Gasteiger partial charge >= 0.3 is 0 Å². The van der Waals surface area contributed by atoms with Gasteiger partial charge in [0, 0.05) is 19.1 Å². The summed E-state index contributed by atoms with van der Waals surface area (Å²) < 4.78 is 53.9. The van der Waals surface area contributed by atoms with Gasteiger partial charge in [-0.25, -0.2) is 21.9 Å². The number of sulfonamides is 1. The minimum Gasteiger partial charge on any atom is -0.338 e. The molecule has 0 atom stereocenters. The highest BCUT2D eigenvalue weighted by Crippen LogP contribution is 2.18. The van der Waals surface area contributed by atoms with Crippen LogP contribution in [0.4, 0.5) is 8.78 Å². The van der Waals surface area contributed by atoms with Crippen LogP contribution in [-0.2, 0) is 10.0 Å². The van der Waals surface area contributed by atoms with Gasteiger partial charge in [0.05, 0.1) is 10.5 Å². The molecular weight excluding hydrogens is 362 g/mol. The van der Waals surface area contributed by atoms with Crippen molar-refractivity contribution in [2.45, 2.75) is 23.8 Å². The molecule has 0 saturated carbocycles. The first-order valence-corrected chi connectivity index (χ1v) is 9.67. The molecule has 138 valence electrons. The second-order valence-electron chi connectivity index (χ2n) is 6.12. The standard InChI is InChI=1S/C18H18F2N2O3S/c19-13-5-7-15(8-6-13)26(24,25)21-14-9-11-22(12-10-14)18(23)16-3-1-2-4-17(16)20/h1-8,14,21H,9-12H2. The Hall–Kier alpha value is -2.32. The molecule has 0 aliphatic carbocycles. The van der Waals surface area contributed by atoms with Crippen molar-refractivity contribution >= 4 is 15.9 Å². The number of hydrogen-bond donors (Lipinski definition) is 1. The normalized spacial score (nSPS) is 15.8. The molecule has 1 heterocycles. The third-order valence-corrected chi connectivity index (χ3v) is 5.87. The number of hydrogen-bond acceptors (Lipinski definition) is 3. The number of piperidine rings is 1. The van der Waals surface area contributed by atoms with Crippen molar-refractivity contribution < 1.29 is 22.0 Å². The minimum atomic E-state index is -3.75. The molecule has 1 amide bonds. The SMILES string of the molecule is O=C(c1ccccc1F)N1CCC(NS(=O)(=O)c2ccc(F)cc2)CC1. The summed E-state index contributed by atoms with van der Waals surface area (Å²) in [5, 5.41) is 0. The zero-order valence-electron chi connectivity index (χ0n) is 13.9. The Balaban J connectivity index is 1.61. The summed E-state index contributed by atoms with van der Waals surface area (Å²) >= 11 is 0. The Morgan fingerprint density at radius 1 is 1.00 bits per heavy atom. The number of carbonyl (C=O) groups is 1. The summed E-state index contributed by atoms with van der Waals surface area (Å²) in [6, 6.07) is 10.0. The van der Waals surface area contributed by atoms with Crippen LogP contribution in [0.2, 0.25) is 0 Å². The topological polar surface area (TPSA) is 66.5 Å². The van der Waals surface area contributed by atoms with E-state index in [1.807, 2.05) is 0 Å². The van der Waals surface area contributed by atoms with Crippen LogP contribution in [-0.4, -0.2) is 38.4 Å². The van der Waals surface area contributed by atoms with E-state index < -0.39 is 27.6 Å². The molecule has 2 aromatic rings. The van der Waals surface area contributed by atoms with E-state index in [2.05, 4.69) is 4.72 Å². The van der Waals surface area contributed by atoms with Gasteiger partial charge < -0.3 is 4.90 Å². The zero-order valence-corrected chi connectivity index (χ0v) is 14.7. The number of amides is 1. The van der Waals surface area contributed by atoms with E-state index in [4.69, 9.17) is 0 Å².